The van der Waals surface area contributed by atoms with Gasteiger partial charge in [-0.1, -0.05) is 18.2 Å². The maximum absolute atomic E-state index is 12.5. The zero-order chi connectivity index (χ0) is 23.7. The van der Waals surface area contributed by atoms with Crippen LogP contribution in [0.3, 0.4) is 0 Å². The number of aromatic nitrogens is 2. The largest absolute Gasteiger partial charge is 0.336 e. The van der Waals surface area contributed by atoms with Gasteiger partial charge in [-0.3, -0.25) is 9.69 Å². The molecule has 6 rings (SSSR count). The Kier molecular flexibility index (Phi) is 6.43. The molecule has 3 aliphatic heterocycles. The molecule has 0 aliphatic carbocycles. The molecule has 2 bridgehead atoms. The van der Waals surface area contributed by atoms with Gasteiger partial charge in [0.15, 0.2) is 5.78 Å². The maximum Gasteiger partial charge on any atom is 0.319 e. The number of carbonyl (C=O) groups is 2. The molecule has 2 N–H and O–H groups in total. The SMILES string of the molecule is CC(=O)c1cccc(NC(=O)NC[C@H]2C[C@@H]3CCN2C[C@H]3c2cc(-c3cccs3)nc(C)n2)c1. The van der Waals surface area contributed by atoms with E-state index in [0.29, 0.717) is 35.7 Å². The normalized spacial score (nSPS) is 23.5. The van der Waals surface area contributed by atoms with Crippen molar-refractivity contribution in [1.29, 1.82) is 0 Å². The van der Waals surface area contributed by atoms with Crippen LogP contribution in [0.5, 0.6) is 0 Å². The summed E-state index contributed by atoms with van der Waals surface area (Å²) in [4.78, 5) is 37.2. The average Bonchev–Trinajstić information content (AvgIpc) is 3.38. The highest BCUT2D eigenvalue weighted by molar-refractivity contribution is 7.13. The molecule has 2 aromatic heterocycles. The summed E-state index contributed by atoms with van der Waals surface area (Å²) < 4.78 is 0. The first-order valence-corrected chi connectivity index (χ1v) is 12.6. The topological polar surface area (TPSA) is 87.2 Å². The van der Waals surface area contributed by atoms with Crippen LogP contribution in [0.15, 0.2) is 47.8 Å². The average molecular weight is 476 g/mol. The van der Waals surface area contributed by atoms with E-state index in [1.54, 1.807) is 35.6 Å². The van der Waals surface area contributed by atoms with Crippen molar-refractivity contribution in [3.63, 3.8) is 0 Å². The minimum Gasteiger partial charge on any atom is -0.336 e. The van der Waals surface area contributed by atoms with Gasteiger partial charge in [0.05, 0.1) is 10.6 Å². The number of benzene rings is 1. The van der Waals surface area contributed by atoms with E-state index in [1.807, 2.05) is 6.92 Å². The Hall–Kier alpha value is -3.10. The molecular formula is C26H29N5O2S. The highest BCUT2D eigenvalue weighted by Gasteiger charge is 2.41. The Bertz CT molecular complexity index is 1200. The van der Waals surface area contributed by atoms with Gasteiger partial charge in [0.2, 0.25) is 0 Å². The Balaban J connectivity index is 1.20. The lowest BCUT2D eigenvalue weighted by Gasteiger charge is -2.49. The van der Waals surface area contributed by atoms with Crippen LogP contribution in [0.2, 0.25) is 0 Å². The maximum atomic E-state index is 12.5. The molecule has 7 nitrogen and oxygen atoms in total. The fraction of sp³-hybridized carbons (Fsp3) is 0.385. The summed E-state index contributed by atoms with van der Waals surface area (Å²) in [6, 6.07) is 13.4. The number of hydrogen-bond acceptors (Lipinski definition) is 6. The lowest BCUT2D eigenvalue weighted by Crippen LogP contribution is -2.56. The molecular weight excluding hydrogens is 446 g/mol. The van der Waals surface area contributed by atoms with Crippen molar-refractivity contribution in [2.24, 2.45) is 5.92 Å². The zero-order valence-corrected chi connectivity index (χ0v) is 20.3. The van der Waals surface area contributed by atoms with Gasteiger partial charge in [-0.05, 0) is 68.8 Å². The highest BCUT2D eigenvalue weighted by Crippen LogP contribution is 2.41. The van der Waals surface area contributed by atoms with E-state index < -0.39 is 0 Å². The van der Waals surface area contributed by atoms with E-state index in [9.17, 15) is 9.59 Å². The van der Waals surface area contributed by atoms with E-state index in [-0.39, 0.29) is 11.8 Å². The van der Waals surface area contributed by atoms with Crippen molar-refractivity contribution < 1.29 is 9.59 Å². The predicted octanol–water partition coefficient (Wildman–Crippen LogP) is 4.72. The molecule has 3 aliphatic rings. The Morgan fingerprint density at radius 3 is 2.79 bits per heavy atom. The Morgan fingerprint density at radius 2 is 2.06 bits per heavy atom. The highest BCUT2D eigenvalue weighted by atomic mass is 32.1. The van der Waals surface area contributed by atoms with Crippen molar-refractivity contribution in [1.82, 2.24) is 20.2 Å². The quantitative estimate of drug-likeness (QED) is 0.504. The van der Waals surface area contributed by atoms with Gasteiger partial charge in [0.25, 0.3) is 0 Å². The van der Waals surface area contributed by atoms with Crippen LogP contribution < -0.4 is 10.6 Å². The van der Waals surface area contributed by atoms with Crippen molar-refractivity contribution >= 4 is 28.8 Å². The number of hydrogen-bond donors (Lipinski definition) is 2. The summed E-state index contributed by atoms with van der Waals surface area (Å²) in [5, 5.41) is 7.95. The van der Waals surface area contributed by atoms with Crippen molar-refractivity contribution in [3.05, 3.63) is 64.9 Å². The molecule has 3 aromatic rings. The Morgan fingerprint density at radius 1 is 1.18 bits per heavy atom. The number of urea groups is 1. The number of ketones is 1. The molecule has 3 saturated heterocycles. The standard InChI is InChI=1S/C26H29N5O2S/c1-16(32)18-5-3-6-20(11-18)30-26(33)27-14-21-12-19-8-9-31(21)15-22(19)23-13-24(29-17(2)28-23)25-7-4-10-34-25/h3-7,10-11,13,19,21-22H,8-9,12,14-15H2,1-2H3,(H2,27,30,33)/t19-,21+,22+/m0/s1. The number of anilines is 1. The third-order valence-corrected chi connectivity index (χ3v) is 7.81. The molecule has 34 heavy (non-hydrogen) atoms. The minimum atomic E-state index is -0.244. The summed E-state index contributed by atoms with van der Waals surface area (Å²) in [6.45, 7) is 6.10. The molecule has 0 spiro atoms. The molecule has 2 amide bonds. The summed E-state index contributed by atoms with van der Waals surface area (Å²) in [7, 11) is 0. The summed E-state index contributed by atoms with van der Waals surface area (Å²) in [5.74, 6) is 1.75. The molecule has 0 saturated carbocycles. The number of aryl methyl sites for hydroxylation is 1. The van der Waals surface area contributed by atoms with Crippen LogP contribution in [0.1, 0.15) is 47.6 Å². The van der Waals surface area contributed by atoms with Crippen LogP contribution in [0.25, 0.3) is 10.6 Å². The van der Waals surface area contributed by atoms with E-state index >= 15 is 0 Å². The number of carbonyl (C=O) groups excluding carboxylic acids is 2. The van der Waals surface area contributed by atoms with Crippen molar-refractivity contribution in [3.8, 4) is 10.6 Å². The number of thiophene rings is 1. The first kappa shape index (κ1) is 22.7. The molecule has 8 heteroatoms. The van der Waals surface area contributed by atoms with Crippen molar-refractivity contribution in [2.75, 3.05) is 25.0 Å². The molecule has 5 heterocycles. The molecule has 3 fully saturated rings. The van der Waals surface area contributed by atoms with Gasteiger partial charge < -0.3 is 10.6 Å². The number of nitrogens with zero attached hydrogens (tertiary/aromatic N) is 3. The second-order valence-corrected chi connectivity index (χ2v) is 10.2. The lowest BCUT2D eigenvalue weighted by molar-refractivity contribution is 0.0307. The summed E-state index contributed by atoms with van der Waals surface area (Å²) in [6.07, 6.45) is 2.20. The molecule has 176 valence electrons. The zero-order valence-electron chi connectivity index (χ0n) is 19.5. The molecule has 0 radical (unpaired) electrons. The number of nitrogens with one attached hydrogen (secondary N) is 2. The monoisotopic (exact) mass is 475 g/mol. The fourth-order valence-electron chi connectivity index (χ4n) is 5.22. The molecule has 4 atom stereocenters. The number of fused-ring (bicyclic) bond motifs is 3. The molecule has 1 aromatic carbocycles. The third kappa shape index (κ3) is 4.88. The van der Waals surface area contributed by atoms with Gasteiger partial charge in [-0.25, -0.2) is 14.8 Å². The van der Waals surface area contributed by atoms with Gasteiger partial charge in [-0.2, -0.15) is 0 Å². The Labute approximate surface area is 203 Å². The van der Waals surface area contributed by atoms with E-state index in [0.717, 1.165) is 43.1 Å². The number of amides is 2. The van der Waals surface area contributed by atoms with Crippen LogP contribution in [-0.2, 0) is 0 Å². The van der Waals surface area contributed by atoms with Crippen LogP contribution in [-0.4, -0.2) is 52.4 Å². The first-order valence-electron chi connectivity index (χ1n) is 11.8. The second-order valence-electron chi connectivity index (χ2n) is 9.21. The van der Waals surface area contributed by atoms with Gasteiger partial charge in [0.1, 0.15) is 5.82 Å². The van der Waals surface area contributed by atoms with Gasteiger partial charge >= 0.3 is 6.03 Å². The lowest BCUT2D eigenvalue weighted by atomic mass is 9.74. The number of rotatable bonds is 6. The van der Waals surface area contributed by atoms with Gasteiger partial charge in [-0.15, -0.1) is 11.3 Å². The fourth-order valence-corrected chi connectivity index (χ4v) is 5.90. The summed E-state index contributed by atoms with van der Waals surface area (Å²) in [5.41, 5.74) is 3.36. The minimum absolute atomic E-state index is 0.0222. The third-order valence-electron chi connectivity index (χ3n) is 6.92. The smallest absolute Gasteiger partial charge is 0.319 e. The van der Waals surface area contributed by atoms with E-state index in [1.165, 1.54) is 11.8 Å². The van der Waals surface area contributed by atoms with Crippen LogP contribution in [0, 0.1) is 12.8 Å². The van der Waals surface area contributed by atoms with Gasteiger partial charge in [0, 0.05) is 42.0 Å². The van der Waals surface area contributed by atoms with Crippen molar-refractivity contribution in [2.45, 2.75) is 38.6 Å². The predicted molar refractivity (Wildman–Crippen MR) is 134 cm³/mol. The molecule has 1 unspecified atom stereocenters. The second kappa shape index (κ2) is 9.64. The van der Waals surface area contributed by atoms with E-state index in [2.05, 4.69) is 44.1 Å². The van der Waals surface area contributed by atoms with Crippen LogP contribution in [0.4, 0.5) is 10.5 Å². The van der Waals surface area contributed by atoms with E-state index in [4.69, 9.17) is 4.98 Å². The summed E-state index contributed by atoms with van der Waals surface area (Å²) >= 11 is 1.70. The number of Topliss-reactive ketones (excluding diaryl/α,β-unsaturated/α-hetero) is 1. The first-order chi connectivity index (χ1) is 16.5. The van der Waals surface area contributed by atoms with Crippen LogP contribution >= 0.6 is 11.3 Å². The number of piperidine rings is 3.